The molecule has 0 aromatic heterocycles. The van der Waals surface area contributed by atoms with Gasteiger partial charge in [-0.3, -0.25) is 4.79 Å². The summed E-state index contributed by atoms with van der Waals surface area (Å²) in [6, 6.07) is -0.417. The fourth-order valence-corrected chi connectivity index (χ4v) is 4.60. The van der Waals surface area contributed by atoms with Crippen molar-refractivity contribution < 1.29 is 23.1 Å². The Labute approximate surface area is 124 Å². The van der Waals surface area contributed by atoms with E-state index in [1.54, 1.807) is 16.7 Å². The second-order valence-electron chi connectivity index (χ2n) is 5.97. The lowest BCUT2D eigenvalue weighted by Crippen LogP contribution is -2.55. The summed E-state index contributed by atoms with van der Waals surface area (Å²) < 4.78 is 23.1. The Bertz CT molecular complexity index is 511. The lowest BCUT2D eigenvalue weighted by Gasteiger charge is -2.39. The molecular weight excluding hydrogens is 296 g/mol. The number of aliphatic carboxylic acids is 1. The number of sulfone groups is 1. The molecule has 1 unspecified atom stereocenters. The molecule has 2 saturated heterocycles. The molecular formula is C13H22N2O5S. The second-order valence-corrected chi connectivity index (χ2v) is 8.20. The third-order valence-corrected chi connectivity index (χ3v) is 6.06. The van der Waals surface area contributed by atoms with Gasteiger partial charge in [-0.05, 0) is 25.7 Å². The largest absolute Gasteiger partial charge is 0.481 e. The van der Waals surface area contributed by atoms with Crippen LogP contribution in [0.4, 0.5) is 4.79 Å². The number of rotatable bonds is 2. The molecule has 2 rings (SSSR count). The van der Waals surface area contributed by atoms with Crippen molar-refractivity contribution in [2.24, 2.45) is 5.92 Å². The van der Waals surface area contributed by atoms with E-state index in [-0.39, 0.29) is 42.5 Å². The number of urea groups is 1. The van der Waals surface area contributed by atoms with Crippen LogP contribution < -0.4 is 0 Å². The highest BCUT2D eigenvalue weighted by atomic mass is 32.2. The molecule has 2 amide bonds. The van der Waals surface area contributed by atoms with Gasteiger partial charge in [0.05, 0.1) is 11.5 Å². The van der Waals surface area contributed by atoms with Crippen molar-refractivity contribution in [1.82, 2.24) is 9.80 Å². The maximum absolute atomic E-state index is 12.4. The van der Waals surface area contributed by atoms with E-state index in [1.807, 2.05) is 0 Å². The molecule has 21 heavy (non-hydrogen) atoms. The Kier molecular flexibility index (Phi) is 4.75. The predicted molar refractivity (Wildman–Crippen MR) is 76.8 cm³/mol. The summed E-state index contributed by atoms with van der Waals surface area (Å²) in [5, 5.41) is 8.78. The van der Waals surface area contributed by atoms with Gasteiger partial charge in [0, 0.05) is 32.1 Å². The first-order valence-corrected chi connectivity index (χ1v) is 9.08. The fraction of sp³-hybridized carbons (Fsp3) is 0.846. The minimum absolute atomic E-state index is 0.0220. The van der Waals surface area contributed by atoms with Gasteiger partial charge in [-0.25, -0.2) is 13.2 Å². The summed E-state index contributed by atoms with van der Waals surface area (Å²) in [5.74, 6) is -0.618. The number of hydrogen-bond acceptors (Lipinski definition) is 4. The molecule has 0 saturated carbocycles. The van der Waals surface area contributed by atoms with E-state index in [0.717, 1.165) is 0 Å². The average Bonchev–Trinajstić information content (AvgIpc) is 2.37. The number of carboxylic acids is 1. The summed E-state index contributed by atoms with van der Waals surface area (Å²) in [6.45, 7) is 3.10. The van der Waals surface area contributed by atoms with Gasteiger partial charge in [0.15, 0.2) is 9.84 Å². The Morgan fingerprint density at radius 3 is 2.33 bits per heavy atom. The summed E-state index contributed by atoms with van der Waals surface area (Å²) in [7, 11) is -3.03. The molecule has 2 fully saturated rings. The third-order valence-electron chi connectivity index (χ3n) is 4.26. The lowest BCUT2D eigenvalue weighted by molar-refractivity contribution is -0.138. The van der Waals surface area contributed by atoms with Gasteiger partial charge in [-0.15, -0.1) is 0 Å². The first-order chi connectivity index (χ1) is 9.78. The first kappa shape index (κ1) is 16.1. The molecule has 8 heteroatoms. The van der Waals surface area contributed by atoms with Gasteiger partial charge in [0.2, 0.25) is 0 Å². The van der Waals surface area contributed by atoms with Gasteiger partial charge in [-0.1, -0.05) is 0 Å². The number of likely N-dealkylation sites (tertiary alicyclic amines) is 1. The molecule has 2 aliphatic heterocycles. The quantitative estimate of drug-likeness (QED) is 0.796. The zero-order chi connectivity index (χ0) is 15.6. The van der Waals surface area contributed by atoms with E-state index >= 15 is 0 Å². The Morgan fingerprint density at radius 2 is 1.81 bits per heavy atom. The van der Waals surface area contributed by atoms with Gasteiger partial charge in [0.1, 0.15) is 0 Å². The number of piperidine rings is 1. The monoisotopic (exact) mass is 318 g/mol. The zero-order valence-electron chi connectivity index (χ0n) is 12.2. The first-order valence-electron chi connectivity index (χ1n) is 7.26. The van der Waals surface area contributed by atoms with Crippen LogP contribution in [-0.4, -0.2) is 72.5 Å². The number of carboxylic acid groups (broad SMARTS) is 1. The van der Waals surface area contributed by atoms with Crippen LogP contribution in [0.2, 0.25) is 0 Å². The van der Waals surface area contributed by atoms with Crippen molar-refractivity contribution in [3.05, 3.63) is 0 Å². The standard InChI is InChI=1S/C13H22N2O5S/c1-10-9-21(19,20)7-6-15(10)13(18)14-4-2-11(3-5-14)8-12(16)17/h10-11H,2-9H2,1H3,(H,16,17). The summed E-state index contributed by atoms with van der Waals surface area (Å²) in [5.41, 5.74) is 0. The minimum atomic E-state index is -3.03. The molecule has 0 bridgehead atoms. The summed E-state index contributed by atoms with van der Waals surface area (Å²) in [6.07, 6.45) is 1.54. The van der Waals surface area contributed by atoms with Crippen molar-refractivity contribution in [3.8, 4) is 0 Å². The van der Waals surface area contributed by atoms with E-state index in [4.69, 9.17) is 5.11 Å². The van der Waals surface area contributed by atoms with Crippen LogP contribution in [0.15, 0.2) is 0 Å². The SMILES string of the molecule is CC1CS(=O)(=O)CCN1C(=O)N1CCC(CC(=O)O)CC1. The Balaban J connectivity index is 1.89. The van der Waals surface area contributed by atoms with Crippen molar-refractivity contribution >= 4 is 21.8 Å². The molecule has 7 nitrogen and oxygen atoms in total. The molecule has 2 heterocycles. The third kappa shape index (κ3) is 4.09. The van der Waals surface area contributed by atoms with E-state index in [2.05, 4.69) is 0 Å². The highest BCUT2D eigenvalue weighted by Crippen LogP contribution is 2.22. The van der Waals surface area contributed by atoms with E-state index in [9.17, 15) is 18.0 Å². The highest BCUT2D eigenvalue weighted by molar-refractivity contribution is 7.91. The molecule has 0 radical (unpaired) electrons. The smallest absolute Gasteiger partial charge is 0.320 e. The van der Waals surface area contributed by atoms with Gasteiger partial charge >= 0.3 is 12.0 Å². The van der Waals surface area contributed by atoms with Crippen molar-refractivity contribution in [1.29, 1.82) is 0 Å². The average molecular weight is 318 g/mol. The van der Waals surface area contributed by atoms with Crippen LogP contribution in [0.25, 0.3) is 0 Å². The highest BCUT2D eigenvalue weighted by Gasteiger charge is 2.34. The molecule has 1 atom stereocenters. The van der Waals surface area contributed by atoms with Crippen LogP contribution in [0.5, 0.6) is 0 Å². The van der Waals surface area contributed by atoms with Crippen molar-refractivity contribution in [3.63, 3.8) is 0 Å². The van der Waals surface area contributed by atoms with Crippen LogP contribution >= 0.6 is 0 Å². The van der Waals surface area contributed by atoms with Gasteiger partial charge in [0.25, 0.3) is 0 Å². The van der Waals surface area contributed by atoms with Crippen molar-refractivity contribution in [2.75, 3.05) is 31.1 Å². The molecule has 0 aromatic rings. The van der Waals surface area contributed by atoms with E-state index in [0.29, 0.717) is 25.9 Å². The second kappa shape index (κ2) is 6.21. The van der Waals surface area contributed by atoms with E-state index < -0.39 is 15.8 Å². The van der Waals surface area contributed by atoms with Crippen LogP contribution in [-0.2, 0) is 14.6 Å². The normalized spacial score (nSPS) is 26.6. The number of carbonyl (C=O) groups excluding carboxylic acids is 1. The van der Waals surface area contributed by atoms with Crippen LogP contribution in [0.3, 0.4) is 0 Å². The number of hydrogen-bond donors (Lipinski definition) is 1. The lowest BCUT2D eigenvalue weighted by atomic mass is 9.94. The maximum atomic E-state index is 12.4. The number of nitrogens with zero attached hydrogens (tertiary/aromatic N) is 2. The minimum Gasteiger partial charge on any atom is -0.481 e. The predicted octanol–water partition coefficient (Wildman–Crippen LogP) is 0.412. The topological polar surface area (TPSA) is 95.0 Å². The summed E-state index contributed by atoms with van der Waals surface area (Å²) >= 11 is 0. The van der Waals surface area contributed by atoms with Crippen LogP contribution in [0, 0.1) is 5.92 Å². The fourth-order valence-electron chi connectivity index (χ4n) is 3.04. The number of amides is 2. The van der Waals surface area contributed by atoms with Crippen molar-refractivity contribution in [2.45, 2.75) is 32.2 Å². The molecule has 2 aliphatic rings. The molecule has 0 aliphatic carbocycles. The Hall–Kier alpha value is -1.31. The van der Waals surface area contributed by atoms with Gasteiger partial charge in [-0.2, -0.15) is 0 Å². The molecule has 0 aromatic carbocycles. The molecule has 120 valence electrons. The van der Waals surface area contributed by atoms with Gasteiger partial charge < -0.3 is 14.9 Å². The summed E-state index contributed by atoms with van der Waals surface area (Å²) in [4.78, 5) is 26.5. The Morgan fingerprint density at radius 1 is 1.19 bits per heavy atom. The maximum Gasteiger partial charge on any atom is 0.320 e. The molecule has 0 spiro atoms. The molecule has 1 N–H and O–H groups in total. The van der Waals surface area contributed by atoms with Crippen LogP contribution in [0.1, 0.15) is 26.2 Å². The van der Waals surface area contributed by atoms with E-state index in [1.165, 1.54) is 0 Å². The number of carbonyl (C=O) groups is 2. The zero-order valence-corrected chi connectivity index (χ0v) is 13.0.